The summed E-state index contributed by atoms with van der Waals surface area (Å²) in [6.07, 6.45) is 0.503. The normalized spacial score (nSPS) is 10.9. The molecule has 0 saturated heterocycles. The highest BCUT2D eigenvalue weighted by molar-refractivity contribution is 7.09. The molecule has 20 heavy (non-hydrogen) atoms. The van der Waals surface area contributed by atoms with Gasteiger partial charge in [0.25, 0.3) is 0 Å². The Balaban J connectivity index is 1.90. The van der Waals surface area contributed by atoms with Crippen LogP contribution >= 0.6 is 22.9 Å². The topological polar surface area (TPSA) is 20.3 Å². The lowest BCUT2D eigenvalue weighted by Gasteiger charge is -2.19. The number of Topliss-reactive ketones (excluding diaryl/α,β-unsaturated/α-hetero) is 1. The zero-order chi connectivity index (χ0) is 14.4. The zero-order valence-electron chi connectivity index (χ0n) is 11.5. The van der Waals surface area contributed by atoms with Gasteiger partial charge in [-0.3, -0.25) is 9.69 Å². The van der Waals surface area contributed by atoms with Gasteiger partial charge in [0.15, 0.2) is 5.78 Å². The first-order chi connectivity index (χ1) is 9.70. The van der Waals surface area contributed by atoms with Crippen LogP contribution in [0.2, 0.25) is 5.02 Å². The van der Waals surface area contributed by atoms with Crippen LogP contribution in [0, 0.1) is 0 Å². The molecule has 1 heterocycles. The number of benzene rings is 1. The van der Waals surface area contributed by atoms with E-state index in [2.05, 4.69) is 29.3 Å². The molecule has 0 bridgehead atoms. The molecule has 0 aliphatic rings. The third kappa shape index (κ3) is 4.17. The molecule has 0 saturated carbocycles. The average molecular weight is 308 g/mol. The number of hydrogen-bond acceptors (Lipinski definition) is 3. The van der Waals surface area contributed by atoms with E-state index in [1.54, 1.807) is 23.5 Å². The van der Waals surface area contributed by atoms with Crippen molar-refractivity contribution in [2.45, 2.75) is 19.9 Å². The molecule has 1 aromatic heterocycles. The third-order valence-corrected chi connectivity index (χ3v) is 4.43. The molecule has 0 atom stereocenters. The quantitative estimate of drug-likeness (QED) is 0.702. The van der Waals surface area contributed by atoms with Crippen LogP contribution in [0.4, 0.5) is 0 Å². The Morgan fingerprint density at radius 3 is 2.70 bits per heavy atom. The lowest BCUT2D eigenvalue weighted by molar-refractivity contribution is 0.0964. The Bertz CT molecular complexity index is 553. The van der Waals surface area contributed by atoms with Crippen molar-refractivity contribution >= 4 is 28.7 Å². The Labute approximate surface area is 129 Å². The van der Waals surface area contributed by atoms with Crippen molar-refractivity contribution in [2.24, 2.45) is 0 Å². The molecular formula is C16H18ClNOS. The van der Waals surface area contributed by atoms with Crippen LogP contribution in [0.15, 0.2) is 41.8 Å². The lowest BCUT2D eigenvalue weighted by atomic mass is 10.1. The van der Waals surface area contributed by atoms with Gasteiger partial charge in [0, 0.05) is 30.0 Å². The fourth-order valence-corrected chi connectivity index (χ4v) is 3.04. The maximum Gasteiger partial charge on any atom is 0.165 e. The number of rotatable bonds is 7. The summed E-state index contributed by atoms with van der Waals surface area (Å²) in [7, 11) is 0. The van der Waals surface area contributed by atoms with E-state index >= 15 is 0 Å². The van der Waals surface area contributed by atoms with Gasteiger partial charge < -0.3 is 0 Å². The minimum Gasteiger partial charge on any atom is -0.298 e. The highest BCUT2D eigenvalue weighted by Gasteiger charge is 2.12. The molecule has 0 amide bonds. The summed E-state index contributed by atoms with van der Waals surface area (Å²) < 4.78 is 0. The van der Waals surface area contributed by atoms with Crippen molar-refractivity contribution in [3.63, 3.8) is 0 Å². The minimum absolute atomic E-state index is 0.111. The second-order valence-corrected chi connectivity index (χ2v) is 6.04. The molecule has 0 spiro atoms. The van der Waals surface area contributed by atoms with Gasteiger partial charge in [-0.25, -0.2) is 0 Å². The number of ketones is 1. The van der Waals surface area contributed by atoms with Gasteiger partial charge in [0.2, 0.25) is 0 Å². The second kappa shape index (κ2) is 7.58. The number of hydrogen-bond donors (Lipinski definition) is 0. The van der Waals surface area contributed by atoms with Crippen LogP contribution in [-0.2, 0) is 6.54 Å². The van der Waals surface area contributed by atoms with Gasteiger partial charge in [-0.1, -0.05) is 36.7 Å². The molecule has 0 unspecified atom stereocenters. The molecule has 106 valence electrons. The first-order valence-electron chi connectivity index (χ1n) is 6.73. The Morgan fingerprint density at radius 2 is 2.05 bits per heavy atom. The van der Waals surface area contributed by atoms with E-state index in [0.29, 0.717) is 17.0 Å². The molecule has 0 fully saturated rings. The standard InChI is InChI=1S/C16H18ClNOS/c1-2-18(12-13-6-5-11-20-13)10-9-16(19)14-7-3-4-8-15(14)17/h3-8,11H,2,9-10,12H2,1H3. The first-order valence-corrected chi connectivity index (χ1v) is 7.99. The highest BCUT2D eigenvalue weighted by Crippen LogP contribution is 2.17. The molecular weight excluding hydrogens is 290 g/mol. The van der Waals surface area contributed by atoms with Crippen molar-refractivity contribution in [1.82, 2.24) is 4.90 Å². The van der Waals surface area contributed by atoms with Crippen LogP contribution in [0.1, 0.15) is 28.6 Å². The van der Waals surface area contributed by atoms with Gasteiger partial charge in [0.05, 0.1) is 5.02 Å². The highest BCUT2D eigenvalue weighted by atomic mass is 35.5. The predicted molar refractivity (Wildman–Crippen MR) is 85.7 cm³/mol. The first kappa shape index (κ1) is 15.2. The maximum absolute atomic E-state index is 12.2. The summed E-state index contributed by atoms with van der Waals surface area (Å²) >= 11 is 7.80. The number of carbonyl (C=O) groups is 1. The van der Waals surface area contributed by atoms with Crippen LogP contribution < -0.4 is 0 Å². The van der Waals surface area contributed by atoms with E-state index in [9.17, 15) is 4.79 Å². The van der Waals surface area contributed by atoms with E-state index in [1.165, 1.54) is 4.88 Å². The Hall–Kier alpha value is -1.16. The van der Waals surface area contributed by atoms with Crippen molar-refractivity contribution in [3.05, 3.63) is 57.2 Å². The van der Waals surface area contributed by atoms with Crippen LogP contribution in [-0.4, -0.2) is 23.8 Å². The molecule has 4 heteroatoms. The van der Waals surface area contributed by atoms with E-state index in [-0.39, 0.29) is 5.78 Å². The van der Waals surface area contributed by atoms with E-state index in [1.807, 2.05) is 12.1 Å². The number of thiophene rings is 1. The molecule has 0 aliphatic heterocycles. The average Bonchev–Trinajstić information content (AvgIpc) is 2.96. The third-order valence-electron chi connectivity index (χ3n) is 3.24. The van der Waals surface area contributed by atoms with Gasteiger partial charge >= 0.3 is 0 Å². The summed E-state index contributed by atoms with van der Waals surface area (Å²) in [5.41, 5.74) is 0.626. The Morgan fingerprint density at radius 1 is 1.25 bits per heavy atom. The van der Waals surface area contributed by atoms with E-state index < -0.39 is 0 Å². The van der Waals surface area contributed by atoms with Gasteiger partial charge in [-0.2, -0.15) is 0 Å². The maximum atomic E-state index is 12.2. The Kier molecular flexibility index (Phi) is 5.77. The van der Waals surface area contributed by atoms with Gasteiger partial charge in [-0.05, 0) is 30.1 Å². The zero-order valence-corrected chi connectivity index (χ0v) is 13.1. The SMILES string of the molecule is CCN(CCC(=O)c1ccccc1Cl)Cc1cccs1. The van der Waals surface area contributed by atoms with Gasteiger partial charge in [-0.15, -0.1) is 11.3 Å². The summed E-state index contributed by atoms with van der Waals surface area (Å²) in [6.45, 7) is 4.73. The molecule has 0 aliphatic carbocycles. The monoisotopic (exact) mass is 307 g/mol. The summed E-state index contributed by atoms with van der Waals surface area (Å²) in [6, 6.07) is 11.4. The minimum atomic E-state index is 0.111. The predicted octanol–water partition coefficient (Wildman–Crippen LogP) is 4.50. The van der Waals surface area contributed by atoms with Crippen LogP contribution in [0.3, 0.4) is 0 Å². The number of nitrogens with zero attached hydrogens (tertiary/aromatic N) is 1. The molecule has 2 nitrogen and oxygen atoms in total. The lowest BCUT2D eigenvalue weighted by Crippen LogP contribution is -2.25. The smallest absolute Gasteiger partial charge is 0.165 e. The number of carbonyl (C=O) groups excluding carboxylic acids is 1. The fourth-order valence-electron chi connectivity index (χ4n) is 2.05. The molecule has 1 aromatic carbocycles. The van der Waals surface area contributed by atoms with E-state index in [4.69, 9.17) is 11.6 Å². The summed E-state index contributed by atoms with van der Waals surface area (Å²) in [5, 5.41) is 2.62. The van der Waals surface area contributed by atoms with Crippen molar-refractivity contribution < 1.29 is 4.79 Å². The number of halogens is 1. The molecule has 0 radical (unpaired) electrons. The van der Waals surface area contributed by atoms with Crippen molar-refractivity contribution in [3.8, 4) is 0 Å². The summed E-state index contributed by atoms with van der Waals surface area (Å²) in [4.78, 5) is 15.8. The van der Waals surface area contributed by atoms with Gasteiger partial charge in [0.1, 0.15) is 0 Å². The molecule has 0 N–H and O–H groups in total. The van der Waals surface area contributed by atoms with Crippen LogP contribution in [0.5, 0.6) is 0 Å². The van der Waals surface area contributed by atoms with E-state index in [0.717, 1.165) is 19.6 Å². The second-order valence-electron chi connectivity index (χ2n) is 4.60. The van der Waals surface area contributed by atoms with Crippen LogP contribution in [0.25, 0.3) is 0 Å². The largest absolute Gasteiger partial charge is 0.298 e. The fraction of sp³-hybridized carbons (Fsp3) is 0.312. The van der Waals surface area contributed by atoms with Crippen molar-refractivity contribution in [1.29, 1.82) is 0 Å². The molecule has 2 rings (SSSR count). The molecule has 2 aromatic rings. The van der Waals surface area contributed by atoms with Crippen molar-refractivity contribution in [2.75, 3.05) is 13.1 Å². The summed E-state index contributed by atoms with van der Waals surface area (Å²) in [5.74, 6) is 0.111.